The smallest absolute Gasteiger partial charge is 0.0996 e. The zero-order valence-electron chi connectivity index (χ0n) is 26.4. The van der Waals surface area contributed by atoms with Gasteiger partial charge in [-0.1, -0.05) is 156 Å². The number of unbranched alkanes of at least 4 members (excludes halogenated alkanes) is 22. The van der Waals surface area contributed by atoms with Gasteiger partial charge in [-0.3, -0.25) is 0 Å². The van der Waals surface area contributed by atoms with E-state index >= 15 is 0 Å². The van der Waals surface area contributed by atoms with Crippen LogP contribution < -0.4 is 0 Å². The number of hydrogen-bond acceptors (Lipinski definition) is 1. The lowest BCUT2D eigenvalue weighted by atomic mass is 10.0. The van der Waals surface area contributed by atoms with E-state index < -0.39 is 0 Å². The summed E-state index contributed by atoms with van der Waals surface area (Å²) in [7, 11) is 0. The molecule has 0 aromatic carbocycles. The Kier molecular flexibility index (Phi) is 30.9. The second-order valence-corrected chi connectivity index (χ2v) is 11.6. The van der Waals surface area contributed by atoms with Crippen molar-refractivity contribution >= 4 is 0 Å². The van der Waals surface area contributed by atoms with Crippen LogP contribution >= 0.6 is 0 Å². The highest BCUT2D eigenvalue weighted by atomic mass is 16.5. The molecule has 0 amide bonds. The van der Waals surface area contributed by atoms with Crippen LogP contribution in [0.1, 0.15) is 207 Å². The molecule has 0 heterocycles. The third kappa shape index (κ3) is 28.1. The molecule has 1 heteroatoms. The number of rotatable bonds is 30. The standard InChI is InChI=1S/C36H70O/c1-5-9-13-15-17-19-21-23-25-29-33-35(31-27-11-7-3)37-36(32-28-12-8-4)34-30-26-24-22-20-18-16-14-10-6-2/h31-32H,5-30,33-34H2,1-4H3. The van der Waals surface area contributed by atoms with Crippen LogP contribution in [0.2, 0.25) is 0 Å². The summed E-state index contributed by atoms with van der Waals surface area (Å²) in [5, 5.41) is 0. The second-order valence-electron chi connectivity index (χ2n) is 11.6. The molecule has 0 rings (SSSR count). The van der Waals surface area contributed by atoms with E-state index in [9.17, 15) is 0 Å². The monoisotopic (exact) mass is 519 g/mol. The fraction of sp³-hybridized carbons (Fsp3) is 0.889. The van der Waals surface area contributed by atoms with E-state index in [2.05, 4.69) is 39.8 Å². The van der Waals surface area contributed by atoms with E-state index in [-0.39, 0.29) is 0 Å². The van der Waals surface area contributed by atoms with E-state index in [1.807, 2.05) is 0 Å². The van der Waals surface area contributed by atoms with Crippen LogP contribution in [0.5, 0.6) is 0 Å². The highest BCUT2D eigenvalue weighted by Gasteiger charge is 2.06. The van der Waals surface area contributed by atoms with Crippen molar-refractivity contribution in [2.45, 2.75) is 207 Å². The number of ether oxygens (including phenoxy) is 1. The normalized spacial score (nSPS) is 12.4. The van der Waals surface area contributed by atoms with Crippen molar-refractivity contribution in [2.75, 3.05) is 0 Å². The van der Waals surface area contributed by atoms with Crippen molar-refractivity contribution in [1.29, 1.82) is 0 Å². The molecule has 37 heavy (non-hydrogen) atoms. The summed E-state index contributed by atoms with van der Waals surface area (Å²) in [5.74, 6) is 2.53. The van der Waals surface area contributed by atoms with Crippen molar-refractivity contribution in [2.24, 2.45) is 0 Å². The van der Waals surface area contributed by atoms with E-state index in [0.29, 0.717) is 0 Å². The Hall–Kier alpha value is -0.720. The second kappa shape index (κ2) is 31.5. The Balaban J connectivity index is 4.37. The van der Waals surface area contributed by atoms with E-state index in [0.717, 1.165) is 12.8 Å². The SMILES string of the molecule is CCCCC=C(CCCCCCCCCCCC)OC(=CCCCC)CCCCCCCCCCCC. The largest absolute Gasteiger partial charge is 0.467 e. The lowest BCUT2D eigenvalue weighted by Gasteiger charge is -2.15. The molecule has 0 atom stereocenters. The minimum absolute atomic E-state index is 1.13. The molecule has 0 fully saturated rings. The first-order valence-electron chi connectivity index (χ1n) is 17.3. The Morgan fingerprint density at radius 1 is 0.351 bits per heavy atom. The van der Waals surface area contributed by atoms with Crippen LogP contribution in [0.25, 0.3) is 0 Å². The number of hydrogen-bond donors (Lipinski definition) is 0. The average Bonchev–Trinajstić information content (AvgIpc) is 2.90. The quantitative estimate of drug-likeness (QED) is 0.0678. The van der Waals surface area contributed by atoms with Crippen molar-refractivity contribution < 1.29 is 4.74 Å². The summed E-state index contributed by atoms with van der Waals surface area (Å²) >= 11 is 0. The Morgan fingerprint density at radius 2 is 0.622 bits per heavy atom. The van der Waals surface area contributed by atoms with Gasteiger partial charge in [0.25, 0.3) is 0 Å². The van der Waals surface area contributed by atoms with Crippen molar-refractivity contribution in [1.82, 2.24) is 0 Å². The van der Waals surface area contributed by atoms with Gasteiger partial charge in [0.2, 0.25) is 0 Å². The fourth-order valence-electron chi connectivity index (χ4n) is 5.07. The zero-order chi connectivity index (χ0) is 27.1. The molecule has 0 unspecified atom stereocenters. The first-order valence-corrected chi connectivity index (χ1v) is 17.3. The molecule has 1 nitrogen and oxygen atoms in total. The molecule has 0 aromatic rings. The molecule has 0 N–H and O–H groups in total. The molecule has 0 saturated carbocycles. The van der Waals surface area contributed by atoms with Crippen LogP contribution in [-0.4, -0.2) is 0 Å². The van der Waals surface area contributed by atoms with Gasteiger partial charge >= 0.3 is 0 Å². The fourth-order valence-corrected chi connectivity index (χ4v) is 5.07. The van der Waals surface area contributed by atoms with Gasteiger partial charge in [-0.05, 0) is 50.7 Å². The van der Waals surface area contributed by atoms with Crippen molar-refractivity contribution in [3.05, 3.63) is 23.7 Å². The third-order valence-electron chi connectivity index (χ3n) is 7.68. The minimum Gasteiger partial charge on any atom is -0.467 e. The van der Waals surface area contributed by atoms with Gasteiger partial charge < -0.3 is 4.74 Å². The highest BCUT2D eigenvalue weighted by Crippen LogP contribution is 2.22. The molecular formula is C36H70O. The van der Waals surface area contributed by atoms with Gasteiger partial charge in [-0.15, -0.1) is 0 Å². The van der Waals surface area contributed by atoms with Gasteiger partial charge in [-0.25, -0.2) is 0 Å². The van der Waals surface area contributed by atoms with E-state index in [1.54, 1.807) is 0 Å². The molecule has 0 radical (unpaired) electrons. The van der Waals surface area contributed by atoms with Crippen molar-refractivity contribution in [3.8, 4) is 0 Å². The molecule has 0 saturated heterocycles. The number of allylic oxidation sites excluding steroid dienone is 4. The third-order valence-corrected chi connectivity index (χ3v) is 7.68. The van der Waals surface area contributed by atoms with E-state index in [1.165, 1.54) is 178 Å². The topological polar surface area (TPSA) is 9.23 Å². The predicted octanol–water partition coefficient (Wildman–Crippen LogP) is 13.8. The minimum atomic E-state index is 1.13. The summed E-state index contributed by atoms with van der Waals surface area (Å²) in [4.78, 5) is 0. The first kappa shape index (κ1) is 36.3. The van der Waals surface area contributed by atoms with Crippen LogP contribution in [0, 0.1) is 0 Å². The van der Waals surface area contributed by atoms with E-state index in [4.69, 9.17) is 4.74 Å². The molecule has 0 aliphatic heterocycles. The first-order chi connectivity index (χ1) is 18.3. The Bertz CT molecular complexity index is 445. The highest BCUT2D eigenvalue weighted by molar-refractivity contribution is 5.02. The zero-order valence-corrected chi connectivity index (χ0v) is 26.4. The molecule has 0 bridgehead atoms. The maximum absolute atomic E-state index is 6.63. The molecule has 0 spiro atoms. The van der Waals surface area contributed by atoms with Crippen LogP contribution in [0.4, 0.5) is 0 Å². The summed E-state index contributed by atoms with van der Waals surface area (Å²) in [5.41, 5.74) is 0. The molecule has 0 aromatic heterocycles. The summed E-state index contributed by atoms with van der Waals surface area (Å²) in [6.07, 6.45) is 42.5. The molecule has 0 aliphatic carbocycles. The lowest BCUT2D eigenvalue weighted by Crippen LogP contribution is -1.97. The average molecular weight is 519 g/mol. The maximum Gasteiger partial charge on any atom is 0.0996 e. The predicted molar refractivity (Wildman–Crippen MR) is 169 cm³/mol. The van der Waals surface area contributed by atoms with Crippen LogP contribution in [-0.2, 0) is 4.74 Å². The van der Waals surface area contributed by atoms with Gasteiger partial charge in [0.1, 0.15) is 0 Å². The lowest BCUT2D eigenvalue weighted by molar-refractivity contribution is 0.266. The van der Waals surface area contributed by atoms with Crippen LogP contribution in [0.15, 0.2) is 23.7 Å². The van der Waals surface area contributed by atoms with Crippen molar-refractivity contribution in [3.63, 3.8) is 0 Å². The summed E-state index contributed by atoms with van der Waals surface area (Å²) in [6.45, 7) is 9.18. The molecule has 0 aliphatic rings. The summed E-state index contributed by atoms with van der Waals surface area (Å²) in [6, 6.07) is 0. The Morgan fingerprint density at radius 3 is 0.919 bits per heavy atom. The van der Waals surface area contributed by atoms with Gasteiger partial charge in [0, 0.05) is 12.8 Å². The van der Waals surface area contributed by atoms with Crippen LogP contribution in [0.3, 0.4) is 0 Å². The molecular weight excluding hydrogens is 448 g/mol. The van der Waals surface area contributed by atoms with Gasteiger partial charge in [0.15, 0.2) is 0 Å². The Labute approximate surface area is 235 Å². The maximum atomic E-state index is 6.63. The molecule has 220 valence electrons. The van der Waals surface area contributed by atoms with Gasteiger partial charge in [0.05, 0.1) is 11.5 Å². The summed E-state index contributed by atoms with van der Waals surface area (Å²) < 4.78 is 6.63. The van der Waals surface area contributed by atoms with Gasteiger partial charge in [-0.2, -0.15) is 0 Å².